The van der Waals surface area contributed by atoms with Crippen molar-refractivity contribution >= 4 is 45.0 Å². The van der Waals surface area contributed by atoms with Crippen LogP contribution in [0.15, 0.2) is 41.3 Å². The van der Waals surface area contributed by atoms with E-state index in [0.717, 1.165) is 0 Å². The maximum absolute atomic E-state index is 13.2. The van der Waals surface area contributed by atoms with Gasteiger partial charge in [-0.2, -0.15) is 10.4 Å². The second-order valence-electron chi connectivity index (χ2n) is 7.14. The van der Waals surface area contributed by atoms with Crippen LogP contribution in [0.5, 0.6) is 0 Å². The Hall–Kier alpha value is -3.22. The number of benzene rings is 1. The van der Waals surface area contributed by atoms with Crippen LogP contribution in [-0.4, -0.2) is 33.1 Å². The van der Waals surface area contributed by atoms with E-state index in [4.69, 9.17) is 11.6 Å². The standard InChI is InChI=1S/C22H20BrClN6O2/c1-4-26-21(31)15-9-13(10-25)8-14(12(2)3)18(15)29-22(32)16-11-28-30(19(16)23)20-17(24)6-5-7-27-20/h5-9,11-12H,4H2,1-3H3,(H,26,31)(H,29,32). The quantitative estimate of drug-likeness (QED) is 0.495. The van der Waals surface area contributed by atoms with E-state index in [9.17, 15) is 14.9 Å². The van der Waals surface area contributed by atoms with Gasteiger partial charge in [0, 0.05) is 12.7 Å². The maximum Gasteiger partial charge on any atom is 0.260 e. The number of hydrogen-bond acceptors (Lipinski definition) is 5. The van der Waals surface area contributed by atoms with Crippen molar-refractivity contribution in [2.24, 2.45) is 0 Å². The van der Waals surface area contributed by atoms with Gasteiger partial charge in [0.2, 0.25) is 0 Å². The first-order chi connectivity index (χ1) is 15.3. The molecule has 8 nitrogen and oxygen atoms in total. The lowest BCUT2D eigenvalue weighted by Crippen LogP contribution is -2.26. The number of aromatic nitrogens is 3. The lowest BCUT2D eigenvalue weighted by Gasteiger charge is -2.18. The van der Waals surface area contributed by atoms with Gasteiger partial charge in [-0.3, -0.25) is 9.59 Å². The number of carbonyl (C=O) groups is 2. The summed E-state index contributed by atoms with van der Waals surface area (Å²) in [6.45, 7) is 6.04. The van der Waals surface area contributed by atoms with Gasteiger partial charge in [-0.05, 0) is 58.6 Å². The highest BCUT2D eigenvalue weighted by Crippen LogP contribution is 2.31. The number of pyridine rings is 1. The molecule has 0 bridgehead atoms. The highest BCUT2D eigenvalue weighted by atomic mass is 79.9. The molecule has 0 fully saturated rings. The molecular weight excluding hydrogens is 496 g/mol. The fourth-order valence-electron chi connectivity index (χ4n) is 3.11. The molecule has 3 aromatic rings. The van der Waals surface area contributed by atoms with Gasteiger partial charge in [-0.1, -0.05) is 25.4 Å². The third kappa shape index (κ3) is 4.66. The molecule has 2 amide bonds. The van der Waals surface area contributed by atoms with E-state index in [-0.39, 0.29) is 23.0 Å². The van der Waals surface area contributed by atoms with Crippen LogP contribution in [-0.2, 0) is 0 Å². The van der Waals surface area contributed by atoms with Crippen molar-refractivity contribution in [3.05, 3.63) is 68.5 Å². The molecule has 0 saturated heterocycles. The van der Waals surface area contributed by atoms with Gasteiger partial charge >= 0.3 is 0 Å². The summed E-state index contributed by atoms with van der Waals surface area (Å²) in [5.74, 6) is -0.543. The minimum absolute atomic E-state index is 0.0507. The average molecular weight is 516 g/mol. The van der Waals surface area contributed by atoms with Crippen molar-refractivity contribution in [3.63, 3.8) is 0 Å². The molecule has 0 atom stereocenters. The Morgan fingerprint density at radius 2 is 2.03 bits per heavy atom. The number of anilines is 1. The topological polar surface area (TPSA) is 113 Å². The molecule has 0 unspecified atom stereocenters. The fraction of sp³-hybridized carbons (Fsp3) is 0.227. The van der Waals surface area contributed by atoms with E-state index in [0.29, 0.717) is 38.8 Å². The van der Waals surface area contributed by atoms with Crippen molar-refractivity contribution in [3.8, 4) is 11.9 Å². The molecule has 2 aromatic heterocycles. The van der Waals surface area contributed by atoms with Crippen molar-refractivity contribution in [1.82, 2.24) is 20.1 Å². The monoisotopic (exact) mass is 514 g/mol. The van der Waals surface area contributed by atoms with Gasteiger partial charge < -0.3 is 10.6 Å². The maximum atomic E-state index is 13.2. The highest BCUT2D eigenvalue weighted by molar-refractivity contribution is 9.10. The third-order valence-corrected chi connectivity index (χ3v) is 5.69. The zero-order valence-electron chi connectivity index (χ0n) is 17.6. The van der Waals surface area contributed by atoms with Crippen molar-refractivity contribution in [2.75, 3.05) is 11.9 Å². The lowest BCUT2D eigenvalue weighted by molar-refractivity contribution is 0.0956. The number of nitriles is 1. The number of nitrogens with zero attached hydrogens (tertiary/aromatic N) is 4. The first-order valence-corrected chi connectivity index (χ1v) is 11.0. The van der Waals surface area contributed by atoms with Gasteiger partial charge in [-0.15, -0.1) is 0 Å². The summed E-state index contributed by atoms with van der Waals surface area (Å²) in [4.78, 5) is 30.1. The molecule has 164 valence electrons. The molecule has 0 aliphatic heterocycles. The number of halogens is 2. The van der Waals surface area contributed by atoms with Crippen LogP contribution in [0, 0.1) is 11.3 Å². The number of nitrogens with one attached hydrogen (secondary N) is 2. The molecule has 3 rings (SSSR count). The van der Waals surface area contributed by atoms with E-state index in [1.165, 1.54) is 16.9 Å². The SMILES string of the molecule is CCNC(=O)c1cc(C#N)cc(C(C)C)c1NC(=O)c1cnn(-c2ncccc2Cl)c1Br. The number of amides is 2. The van der Waals surface area contributed by atoms with Crippen molar-refractivity contribution in [2.45, 2.75) is 26.7 Å². The Kier molecular flexibility index (Phi) is 7.28. The number of rotatable bonds is 6. The number of hydrogen-bond donors (Lipinski definition) is 2. The summed E-state index contributed by atoms with van der Waals surface area (Å²) in [6.07, 6.45) is 2.95. The first kappa shape index (κ1) is 23.4. The summed E-state index contributed by atoms with van der Waals surface area (Å²) in [7, 11) is 0. The van der Waals surface area contributed by atoms with Crippen molar-refractivity contribution in [1.29, 1.82) is 5.26 Å². The molecule has 32 heavy (non-hydrogen) atoms. The highest BCUT2D eigenvalue weighted by Gasteiger charge is 2.24. The Morgan fingerprint density at radius 3 is 2.66 bits per heavy atom. The Morgan fingerprint density at radius 1 is 1.28 bits per heavy atom. The fourth-order valence-corrected chi connectivity index (χ4v) is 3.85. The first-order valence-electron chi connectivity index (χ1n) is 9.80. The summed E-state index contributed by atoms with van der Waals surface area (Å²) in [6, 6.07) is 8.58. The molecule has 1 aromatic carbocycles. The zero-order chi connectivity index (χ0) is 23.4. The Labute approximate surface area is 198 Å². The minimum atomic E-state index is -0.479. The second kappa shape index (κ2) is 9.94. The molecule has 0 aliphatic rings. The molecule has 0 radical (unpaired) electrons. The molecule has 0 aliphatic carbocycles. The van der Waals surface area contributed by atoms with Crippen molar-refractivity contribution < 1.29 is 9.59 Å². The summed E-state index contributed by atoms with van der Waals surface area (Å²) in [5.41, 5.74) is 1.82. The molecular formula is C22H20BrClN6O2. The van der Waals surface area contributed by atoms with Gasteiger partial charge in [0.1, 0.15) is 4.60 Å². The molecule has 10 heteroatoms. The van der Waals surface area contributed by atoms with Crippen LogP contribution in [0.2, 0.25) is 5.02 Å². The van der Waals surface area contributed by atoms with E-state index in [1.807, 2.05) is 13.8 Å². The average Bonchev–Trinajstić information content (AvgIpc) is 3.15. The van der Waals surface area contributed by atoms with E-state index >= 15 is 0 Å². The Balaban J connectivity index is 2.05. The molecule has 0 spiro atoms. The van der Waals surface area contributed by atoms with E-state index < -0.39 is 5.91 Å². The smallest absolute Gasteiger partial charge is 0.260 e. The minimum Gasteiger partial charge on any atom is -0.352 e. The predicted octanol–water partition coefficient (Wildman–Crippen LogP) is 4.68. The van der Waals surface area contributed by atoms with Crippen LogP contribution < -0.4 is 10.6 Å². The molecule has 2 N–H and O–H groups in total. The third-order valence-electron chi connectivity index (χ3n) is 4.64. The van der Waals surface area contributed by atoms with Crippen LogP contribution in [0.1, 0.15) is 58.5 Å². The van der Waals surface area contributed by atoms with E-state index in [2.05, 4.69) is 42.7 Å². The number of carbonyl (C=O) groups excluding carboxylic acids is 2. The van der Waals surface area contributed by atoms with Gasteiger partial charge in [-0.25, -0.2) is 9.67 Å². The Bertz CT molecular complexity index is 1230. The largest absolute Gasteiger partial charge is 0.352 e. The summed E-state index contributed by atoms with van der Waals surface area (Å²) < 4.78 is 1.76. The van der Waals surface area contributed by atoms with Gasteiger partial charge in [0.05, 0.1) is 39.7 Å². The summed E-state index contributed by atoms with van der Waals surface area (Å²) in [5, 5.41) is 19.6. The van der Waals surface area contributed by atoms with Crippen LogP contribution >= 0.6 is 27.5 Å². The zero-order valence-corrected chi connectivity index (χ0v) is 20.0. The van der Waals surface area contributed by atoms with Gasteiger partial charge in [0.15, 0.2) is 5.82 Å². The summed E-state index contributed by atoms with van der Waals surface area (Å²) >= 11 is 9.60. The second-order valence-corrected chi connectivity index (χ2v) is 8.30. The normalized spacial score (nSPS) is 10.7. The van der Waals surface area contributed by atoms with Crippen LogP contribution in [0.3, 0.4) is 0 Å². The predicted molar refractivity (Wildman–Crippen MR) is 125 cm³/mol. The lowest BCUT2D eigenvalue weighted by atomic mass is 9.94. The van der Waals surface area contributed by atoms with Crippen LogP contribution in [0.25, 0.3) is 5.82 Å². The van der Waals surface area contributed by atoms with Gasteiger partial charge in [0.25, 0.3) is 11.8 Å². The van der Waals surface area contributed by atoms with Crippen LogP contribution in [0.4, 0.5) is 5.69 Å². The molecule has 2 heterocycles. The van der Waals surface area contributed by atoms with E-state index in [1.54, 1.807) is 31.3 Å². The molecule has 0 saturated carbocycles.